The second kappa shape index (κ2) is 9.51. The van der Waals surface area contributed by atoms with E-state index in [2.05, 4.69) is 22.1 Å². The van der Waals surface area contributed by atoms with Gasteiger partial charge >= 0.3 is 0 Å². The number of benzene rings is 2. The number of methoxy groups -OCH3 is 3. The molecule has 0 aliphatic heterocycles. The molecule has 1 heterocycles. The fourth-order valence-electron chi connectivity index (χ4n) is 2.90. The van der Waals surface area contributed by atoms with Gasteiger partial charge in [-0.25, -0.2) is 5.43 Å². The predicted molar refractivity (Wildman–Crippen MR) is 115 cm³/mol. The lowest BCUT2D eigenvalue weighted by Crippen LogP contribution is -2.17. The van der Waals surface area contributed by atoms with Crippen molar-refractivity contribution < 1.29 is 23.7 Å². The zero-order valence-electron chi connectivity index (χ0n) is 17.0. The molecule has 156 valence electrons. The lowest BCUT2D eigenvalue weighted by atomic mass is 10.2. The highest BCUT2D eigenvalue weighted by Gasteiger charge is 2.19. The molecule has 0 radical (unpaired) electrons. The Hall–Kier alpha value is -3.94. The van der Waals surface area contributed by atoms with E-state index in [9.17, 15) is 4.79 Å². The second-order valence-corrected chi connectivity index (χ2v) is 6.16. The van der Waals surface area contributed by atoms with E-state index in [0.29, 0.717) is 40.5 Å². The maximum absolute atomic E-state index is 12.5. The third-order valence-electron chi connectivity index (χ3n) is 4.30. The van der Waals surface area contributed by atoms with Crippen molar-refractivity contribution in [3.8, 4) is 23.0 Å². The van der Waals surface area contributed by atoms with Gasteiger partial charge in [-0.2, -0.15) is 5.10 Å². The molecule has 3 aromatic rings. The van der Waals surface area contributed by atoms with Gasteiger partial charge in [0.15, 0.2) is 11.5 Å². The number of nitrogens with one attached hydrogen (secondary N) is 2. The van der Waals surface area contributed by atoms with Crippen molar-refractivity contribution in [3.05, 3.63) is 60.3 Å². The molecule has 0 aliphatic rings. The lowest BCUT2D eigenvalue weighted by Gasteiger charge is -2.12. The molecule has 3 rings (SSSR count). The van der Waals surface area contributed by atoms with Gasteiger partial charge in [-0.15, -0.1) is 0 Å². The van der Waals surface area contributed by atoms with E-state index in [1.807, 2.05) is 24.3 Å². The van der Waals surface area contributed by atoms with Crippen molar-refractivity contribution in [2.24, 2.45) is 5.10 Å². The molecular weight excluding hydrogens is 386 g/mol. The van der Waals surface area contributed by atoms with E-state index in [0.717, 1.165) is 11.3 Å². The van der Waals surface area contributed by atoms with Crippen molar-refractivity contribution in [3.63, 3.8) is 0 Å². The van der Waals surface area contributed by atoms with Crippen LogP contribution in [0.5, 0.6) is 23.0 Å². The first-order valence-electron chi connectivity index (χ1n) is 9.10. The molecule has 2 N–H and O–H groups in total. The van der Waals surface area contributed by atoms with Gasteiger partial charge in [-0.3, -0.25) is 4.79 Å². The van der Waals surface area contributed by atoms with Gasteiger partial charge in [-0.05, 0) is 35.9 Å². The summed E-state index contributed by atoms with van der Waals surface area (Å²) in [5.41, 5.74) is 4.32. The number of carbonyl (C=O) groups is 1. The van der Waals surface area contributed by atoms with Crippen LogP contribution in [0.3, 0.4) is 0 Å². The van der Waals surface area contributed by atoms with E-state index in [4.69, 9.17) is 18.9 Å². The van der Waals surface area contributed by atoms with Crippen LogP contribution in [0.4, 0.5) is 0 Å². The van der Waals surface area contributed by atoms with Crippen LogP contribution in [0.15, 0.2) is 54.2 Å². The van der Waals surface area contributed by atoms with Gasteiger partial charge in [0, 0.05) is 11.5 Å². The van der Waals surface area contributed by atoms with Gasteiger partial charge in [0.1, 0.15) is 18.1 Å². The molecule has 0 unspecified atom stereocenters. The van der Waals surface area contributed by atoms with Gasteiger partial charge in [-0.1, -0.05) is 12.7 Å². The molecule has 30 heavy (non-hydrogen) atoms. The van der Waals surface area contributed by atoms with Gasteiger partial charge in [0.25, 0.3) is 5.91 Å². The number of fused-ring (bicyclic) bond motifs is 1. The van der Waals surface area contributed by atoms with Crippen LogP contribution < -0.4 is 24.4 Å². The Balaban J connectivity index is 1.75. The standard InChI is InChI=1S/C22H23N3O5/c1-5-10-30-15-8-6-14(7-9-15)13-23-25-22(26)18-11-16-17(24-18)12-19(27-2)21(29-4)20(16)28-3/h5-9,11-13,24H,1,10H2,2-4H3,(H,25,26). The van der Waals surface area contributed by atoms with Crippen LogP contribution in [-0.2, 0) is 0 Å². The van der Waals surface area contributed by atoms with E-state index in [1.165, 1.54) is 21.3 Å². The number of amides is 1. The Kier molecular flexibility index (Phi) is 6.59. The first-order valence-corrected chi connectivity index (χ1v) is 9.10. The number of rotatable bonds is 9. The number of carbonyl (C=O) groups excluding carboxylic acids is 1. The molecule has 2 aromatic carbocycles. The summed E-state index contributed by atoms with van der Waals surface area (Å²) in [4.78, 5) is 15.5. The quantitative estimate of drug-likeness (QED) is 0.320. The summed E-state index contributed by atoms with van der Waals surface area (Å²) in [5, 5.41) is 4.70. The van der Waals surface area contributed by atoms with E-state index in [1.54, 1.807) is 24.4 Å². The molecule has 0 aliphatic carbocycles. The highest BCUT2D eigenvalue weighted by molar-refractivity contribution is 6.01. The number of aromatic nitrogens is 1. The number of ether oxygens (including phenoxy) is 4. The first-order chi connectivity index (χ1) is 14.6. The molecule has 0 saturated heterocycles. The number of nitrogens with zero attached hydrogens (tertiary/aromatic N) is 1. The normalized spacial score (nSPS) is 10.8. The number of aromatic amines is 1. The Morgan fingerprint density at radius 1 is 1.10 bits per heavy atom. The zero-order valence-corrected chi connectivity index (χ0v) is 17.0. The average molecular weight is 409 g/mol. The van der Waals surface area contributed by atoms with Gasteiger partial charge < -0.3 is 23.9 Å². The highest BCUT2D eigenvalue weighted by Crippen LogP contribution is 2.43. The summed E-state index contributed by atoms with van der Waals surface area (Å²) in [6, 6.07) is 10.7. The fraction of sp³-hybridized carbons (Fsp3) is 0.182. The van der Waals surface area contributed by atoms with Crippen LogP contribution in [0.25, 0.3) is 10.9 Å². The lowest BCUT2D eigenvalue weighted by molar-refractivity contribution is 0.0951. The number of hydrogen-bond acceptors (Lipinski definition) is 6. The van der Waals surface area contributed by atoms with Crippen molar-refractivity contribution in [1.82, 2.24) is 10.4 Å². The smallest absolute Gasteiger partial charge is 0.287 e. The van der Waals surface area contributed by atoms with E-state index in [-0.39, 0.29) is 0 Å². The molecule has 0 bridgehead atoms. The van der Waals surface area contributed by atoms with Gasteiger partial charge in [0.2, 0.25) is 5.75 Å². The SMILES string of the molecule is C=CCOc1ccc(C=NNC(=O)c2cc3c(OC)c(OC)c(OC)cc3[nH]2)cc1. The monoisotopic (exact) mass is 409 g/mol. The molecular formula is C22H23N3O5. The largest absolute Gasteiger partial charge is 0.493 e. The number of H-pyrrole nitrogens is 1. The van der Waals surface area contributed by atoms with Crippen LogP contribution in [0, 0.1) is 0 Å². The molecule has 0 atom stereocenters. The van der Waals surface area contributed by atoms with Crippen LogP contribution in [0.2, 0.25) is 0 Å². The molecule has 8 nitrogen and oxygen atoms in total. The Morgan fingerprint density at radius 2 is 1.83 bits per heavy atom. The maximum atomic E-state index is 12.5. The molecule has 0 fully saturated rings. The predicted octanol–water partition coefficient (Wildman–Crippen LogP) is 3.52. The minimum absolute atomic E-state index is 0.323. The third-order valence-corrected chi connectivity index (χ3v) is 4.30. The third kappa shape index (κ3) is 4.38. The summed E-state index contributed by atoms with van der Waals surface area (Å²) in [6.07, 6.45) is 3.22. The summed E-state index contributed by atoms with van der Waals surface area (Å²) in [7, 11) is 4.59. The minimum Gasteiger partial charge on any atom is -0.493 e. The molecule has 0 saturated carbocycles. The Labute approximate surface area is 174 Å². The van der Waals surface area contributed by atoms with E-state index < -0.39 is 5.91 Å². The van der Waals surface area contributed by atoms with Gasteiger partial charge in [0.05, 0.1) is 33.1 Å². The first kappa shape index (κ1) is 20.8. The zero-order chi connectivity index (χ0) is 21.5. The van der Waals surface area contributed by atoms with Crippen LogP contribution in [-0.4, -0.2) is 45.0 Å². The summed E-state index contributed by atoms with van der Waals surface area (Å²) in [5.74, 6) is 1.76. The molecule has 8 heteroatoms. The van der Waals surface area contributed by atoms with Crippen molar-refractivity contribution in [1.29, 1.82) is 0 Å². The maximum Gasteiger partial charge on any atom is 0.287 e. The number of hydrazone groups is 1. The Bertz CT molecular complexity index is 1070. The van der Waals surface area contributed by atoms with Crippen molar-refractivity contribution in [2.75, 3.05) is 27.9 Å². The summed E-state index contributed by atoms with van der Waals surface area (Å²) >= 11 is 0. The average Bonchev–Trinajstić information content (AvgIpc) is 3.21. The highest BCUT2D eigenvalue weighted by atomic mass is 16.5. The topological polar surface area (TPSA) is 94.2 Å². The minimum atomic E-state index is -0.395. The van der Waals surface area contributed by atoms with E-state index >= 15 is 0 Å². The van der Waals surface area contributed by atoms with Crippen molar-refractivity contribution in [2.45, 2.75) is 0 Å². The molecule has 0 spiro atoms. The van der Waals surface area contributed by atoms with Crippen LogP contribution in [0.1, 0.15) is 16.1 Å². The number of hydrogen-bond donors (Lipinski definition) is 2. The molecule has 1 amide bonds. The summed E-state index contributed by atoms with van der Waals surface area (Å²) in [6.45, 7) is 4.05. The molecule has 1 aromatic heterocycles. The van der Waals surface area contributed by atoms with Crippen molar-refractivity contribution >= 4 is 23.0 Å². The summed E-state index contributed by atoms with van der Waals surface area (Å²) < 4.78 is 21.6. The van der Waals surface area contributed by atoms with Crippen LogP contribution >= 0.6 is 0 Å². The fourth-order valence-corrected chi connectivity index (χ4v) is 2.90. The Morgan fingerprint density at radius 3 is 2.47 bits per heavy atom. The second-order valence-electron chi connectivity index (χ2n) is 6.16.